The third-order valence-electron chi connectivity index (χ3n) is 3.19. The smallest absolute Gasteiger partial charge is 0.226 e. The minimum atomic E-state index is -0.374. The van der Waals surface area contributed by atoms with Crippen molar-refractivity contribution in [3.05, 3.63) is 30.2 Å². The Morgan fingerprint density at radius 1 is 1.47 bits per heavy atom. The van der Waals surface area contributed by atoms with Gasteiger partial charge < -0.3 is 4.42 Å². The van der Waals surface area contributed by atoms with Gasteiger partial charge in [-0.1, -0.05) is 0 Å². The number of hydrogen-bond acceptors (Lipinski definition) is 3. The van der Waals surface area contributed by atoms with Gasteiger partial charge in [0.1, 0.15) is 11.2 Å². The van der Waals surface area contributed by atoms with Crippen molar-refractivity contribution >= 4 is 11.1 Å². The fourth-order valence-corrected chi connectivity index (χ4v) is 2.05. The number of hydrogen-bond donors (Lipinski definition) is 0. The van der Waals surface area contributed by atoms with Crippen molar-refractivity contribution < 1.29 is 4.42 Å². The Hall–Kier alpha value is -1.82. The zero-order valence-corrected chi connectivity index (χ0v) is 8.23. The van der Waals surface area contributed by atoms with E-state index in [1.807, 2.05) is 18.2 Å². The third kappa shape index (κ3) is 1.08. The molecular weight excluding hydrogens is 188 g/mol. The van der Waals surface area contributed by atoms with Gasteiger partial charge in [-0.15, -0.1) is 0 Å². The number of nitriles is 1. The molecule has 1 aliphatic carbocycles. The minimum Gasteiger partial charge on any atom is -0.441 e. The first kappa shape index (κ1) is 8.49. The van der Waals surface area contributed by atoms with Gasteiger partial charge >= 0.3 is 0 Å². The van der Waals surface area contributed by atoms with Gasteiger partial charge in [0.15, 0.2) is 0 Å². The molecule has 1 fully saturated rings. The van der Waals surface area contributed by atoms with E-state index in [-0.39, 0.29) is 5.41 Å². The fraction of sp³-hybridized carbons (Fsp3) is 0.333. The Morgan fingerprint density at radius 3 is 2.93 bits per heavy atom. The molecule has 3 nitrogen and oxygen atoms in total. The maximum Gasteiger partial charge on any atom is 0.226 e. The van der Waals surface area contributed by atoms with E-state index in [0.29, 0.717) is 5.71 Å². The van der Waals surface area contributed by atoms with Crippen LogP contribution in [-0.4, -0.2) is 4.98 Å². The molecule has 0 spiro atoms. The topological polar surface area (TPSA) is 49.8 Å². The number of furan rings is 1. The fourth-order valence-electron chi connectivity index (χ4n) is 2.05. The summed E-state index contributed by atoms with van der Waals surface area (Å²) in [6.07, 6.45) is 4.63. The number of aromatic nitrogens is 1. The first-order chi connectivity index (χ1) is 7.34. The second kappa shape index (κ2) is 2.83. The van der Waals surface area contributed by atoms with Gasteiger partial charge in [0.25, 0.3) is 0 Å². The van der Waals surface area contributed by atoms with Crippen LogP contribution in [0.5, 0.6) is 0 Å². The van der Waals surface area contributed by atoms with Gasteiger partial charge in [-0.25, -0.2) is 4.98 Å². The van der Waals surface area contributed by atoms with E-state index in [4.69, 9.17) is 4.42 Å². The average molecular weight is 198 g/mol. The zero-order valence-electron chi connectivity index (χ0n) is 8.23. The second-order valence-electron chi connectivity index (χ2n) is 4.06. The first-order valence-electron chi connectivity index (χ1n) is 5.10. The van der Waals surface area contributed by atoms with Crippen molar-refractivity contribution in [1.82, 2.24) is 4.98 Å². The van der Waals surface area contributed by atoms with E-state index in [0.717, 1.165) is 30.4 Å². The van der Waals surface area contributed by atoms with E-state index in [2.05, 4.69) is 11.1 Å². The van der Waals surface area contributed by atoms with Crippen LogP contribution in [0.4, 0.5) is 0 Å². The molecule has 3 rings (SSSR count). The quantitative estimate of drug-likeness (QED) is 0.707. The first-order valence-corrected chi connectivity index (χ1v) is 5.10. The molecule has 3 heteroatoms. The van der Waals surface area contributed by atoms with Crippen LogP contribution in [0.25, 0.3) is 11.1 Å². The number of rotatable bonds is 1. The highest BCUT2D eigenvalue weighted by atomic mass is 16.3. The molecule has 0 bridgehead atoms. The van der Waals surface area contributed by atoms with Crippen molar-refractivity contribution in [2.45, 2.75) is 24.7 Å². The molecule has 2 heterocycles. The molecule has 0 atom stereocenters. The van der Waals surface area contributed by atoms with E-state index in [1.54, 1.807) is 6.20 Å². The van der Waals surface area contributed by atoms with E-state index in [9.17, 15) is 5.26 Å². The predicted molar refractivity (Wildman–Crippen MR) is 55.2 cm³/mol. The predicted octanol–water partition coefficient (Wildman–Crippen LogP) is 2.77. The van der Waals surface area contributed by atoms with Crippen molar-refractivity contribution in [3.63, 3.8) is 0 Å². The summed E-state index contributed by atoms with van der Waals surface area (Å²) in [6, 6.07) is 8.15. The summed E-state index contributed by atoms with van der Waals surface area (Å²) < 4.78 is 5.63. The van der Waals surface area contributed by atoms with Crippen LogP contribution in [-0.2, 0) is 5.41 Å². The molecule has 1 aliphatic rings. The minimum absolute atomic E-state index is 0.374. The molecule has 0 radical (unpaired) electrons. The molecule has 0 aromatic carbocycles. The highest BCUT2D eigenvalue weighted by Gasteiger charge is 2.42. The Morgan fingerprint density at radius 2 is 2.33 bits per heavy atom. The van der Waals surface area contributed by atoms with Crippen molar-refractivity contribution in [2.75, 3.05) is 0 Å². The van der Waals surface area contributed by atoms with Crippen molar-refractivity contribution in [2.24, 2.45) is 0 Å². The zero-order chi connectivity index (χ0) is 10.3. The lowest BCUT2D eigenvalue weighted by molar-refractivity contribution is 0.273. The van der Waals surface area contributed by atoms with E-state index < -0.39 is 0 Å². The van der Waals surface area contributed by atoms with Crippen LogP contribution in [0.2, 0.25) is 0 Å². The van der Waals surface area contributed by atoms with Gasteiger partial charge in [-0.2, -0.15) is 5.26 Å². The average Bonchev–Trinajstić information content (AvgIpc) is 2.60. The molecule has 2 aromatic rings. The number of nitrogens with zero attached hydrogens (tertiary/aromatic N) is 2. The van der Waals surface area contributed by atoms with Crippen LogP contribution in [0.3, 0.4) is 0 Å². The van der Waals surface area contributed by atoms with Crippen LogP contribution in [0.1, 0.15) is 25.0 Å². The lowest BCUT2D eigenvalue weighted by Crippen LogP contribution is -2.31. The molecule has 0 amide bonds. The monoisotopic (exact) mass is 198 g/mol. The summed E-state index contributed by atoms with van der Waals surface area (Å²) in [5.74, 6) is 0.782. The Balaban J connectivity index is 2.16. The lowest BCUT2D eigenvalue weighted by Gasteiger charge is -2.32. The van der Waals surface area contributed by atoms with Crippen LogP contribution in [0, 0.1) is 11.3 Å². The molecule has 1 saturated carbocycles. The molecule has 0 N–H and O–H groups in total. The highest BCUT2D eigenvalue weighted by molar-refractivity contribution is 5.74. The number of pyridine rings is 1. The third-order valence-corrected chi connectivity index (χ3v) is 3.19. The van der Waals surface area contributed by atoms with Gasteiger partial charge in [0.2, 0.25) is 5.71 Å². The molecular formula is C12H10N2O. The Labute approximate surface area is 87.3 Å². The largest absolute Gasteiger partial charge is 0.441 e. The maximum atomic E-state index is 9.18. The Bertz CT molecular complexity index is 513. The summed E-state index contributed by atoms with van der Waals surface area (Å²) in [6.45, 7) is 0. The van der Waals surface area contributed by atoms with Gasteiger partial charge in [-0.3, -0.25) is 0 Å². The SMILES string of the molecule is N#CC1(c2cc3cccnc3o2)CCC1. The molecule has 0 aliphatic heterocycles. The summed E-state index contributed by atoms with van der Waals surface area (Å²) >= 11 is 0. The normalized spacial score (nSPS) is 18.3. The molecule has 2 aromatic heterocycles. The Kier molecular flexibility index (Phi) is 1.60. The summed E-state index contributed by atoms with van der Waals surface area (Å²) in [5, 5.41) is 10.2. The highest BCUT2D eigenvalue weighted by Crippen LogP contribution is 2.44. The second-order valence-corrected chi connectivity index (χ2v) is 4.06. The molecule has 0 saturated heterocycles. The number of fused-ring (bicyclic) bond motifs is 1. The van der Waals surface area contributed by atoms with E-state index >= 15 is 0 Å². The summed E-state index contributed by atoms with van der Waals surface area (Å²) in [4.78, 5) is 4.13. The summed E-state index contributed by atoms with van der Waals surface area (Å²) in [7, 11) is 0. The van der Waals surface area contributed by atoms with Gasteiger partial charge in [0.05, 0.1) is 6.07 Å². The molecule has 15 heavy (non-hydrogen) atoms. The molecule has 74 valence electrons. The summed E-state index contributed by atoms with van der Waals surface area (Å²) in [5.41, 5.74) is 0.259. The lowest BCUT2D eigenvalue weighted by atomic mass is 9.68. The van der Waals surface area contributed by atoms with Crippen LogP contribution < -0.4 is 0 Å². The maximum absolute atomic E-state index is 9.18. The van der Waals surface area contributed by atoms with Gasteiger partial charge in [-0.05, 0) is 37.5 Å². The van der Waals surface area contributed by atoms with Crippen LogP contribution in [0.15, 0.2) is 28.8 Å². The standard InChI is InChI=1S/C12H10N2O/c13-8-12(4-2-5-12)10-7-9-3-1-6-14-11(9)15-10/h1,3,6-7H,2,4-5H2. The van der Waals surface area contributed by atoms with Gasteiger partial charge in [0, 0.05) is 11.6 Å². The van der Waals surface area contributed by atoms with Crippen LogP contribution >= 0.6 is 0 Å². The van der Waals surface area contributed by atoms with E-state index in [1.165, 1.54) is 0 Å². The van der Waals surface area contributed by atoms with Crippen molar-refractivity contribution in [1.29, 1.82) is 5.26 Å². The van der Waals surface area contributed by atoms with Crippen molar-refractivity contribution in [3.8, 4) is 6.07 Å². The molecule has 0 unspecified atom stereocenters.